The van der Waals surface area contributed by atoms with Crippen LogP contribution in [0.25, 0.3) is 0 Å². The Morgan fingerprint density at radius 2 is 1.17 bits per heavy atom. The molecular formula is C22H38FN. The fourth-order valence-corrected chi connectivity index (χ4v) is 3.09. The Labute approximate surface area is 149 Å². The van der Waals surface area contributed by atoms with Gasteiger partial charge in [0.1, 0.15) is 5.82 Å². The van der Waals surface area contributed by atoms with Crippen LogP contribution in [0, 0.1) is 5.82 Å². The monoisotopic (exact) mass is 335 g/mol. The maximum Gasteiger partial charge on any atom is 0.123 e. The molecule has 1 aromatic rings. The van der Waals surface area contributed by atoms with E-state index in [1.54, 1.807) is 12.1 Å². The molecule has 138 valence electrons. The average Bonchev–Trinajstić information content (AvgIpc) is 2.60. The molecule has 0 aliphatic heterocycles. The molecular weight excluding hydrogens is 297 g/mol. The minimum atomic E-state index is -0.142. The first-order valence-electron chi connectivity index (χ1n) is 10.3. The van der Waals surface area contributed by atoms with E-state index in [-0.39, 0.29) is 5.82 Å². The lowest BCUT2D eigenvalue weighted by Crippen LogP contribution is -2.16. The lowest BCUT2D eigenvalue weighted by Gasteiger charge is -2.05. The number of nitrogens with one attached hydrogen (secondary N) is 1. The molecule has 1 aromatic carbocycles. The summed E-state index contributed by atoms with van der Waals surface area (Å²) in [4.78, 5) is 0. The molecule has 2 heteroatoms. The second-order valence-corrected chi connectivity index (χ2v) is 7.02. The molecule has 1 N–H and O–H groups in total. The van der Waals surface area contributed by atoms with Gasteiger partial charge in [0.05, 0.1) is 0 Å². The van der Waals surface area contributed by atoms with Crippen LogP contribution in [0.1, 0.15) is 89.5 Å². The van der Waals surface area contributed by atoms with Crippen molar-refractivity contribution < 1.29 is 4.39 Å². The molecule has 0 amide bonds. The summed E-state index contributed by atoms with van der Waals surface area (Å²) in [6, 6.07) is 6.90. The molecule has 0 heterocycles. The minimum absolute atomic E-state index is 0.142. The van der Waals surface area contributed by atoms with E-state index in [2.05, 4.69) is 12.2 Å². The third kappa shape index (κ3) is 12.5. The molecule has 0 saturated heterocycles. The van der Waals surface area contributed by atoms with Crippen molar-refractivity contribution in [2.24, 2.45) is 0 Å². The smallest absolute Gasteiger partial charge is 0.123 e. The average molecular weight is 336 g/mol. The van der Waals surface area contributed by atoms with Gasteiger partial charge in [-0.05, 0) is 56.5 Å². The number of unbranched alkanes of at least 4 members (excludes halogenated alkanes) is 10. The molecule has 0 saturated carbocycles. The van der Waals surface area contributed by atoms with Gasteiger partial charge in [-0.2, -0.15) is 0 Å². The van der Waals surface area contributed by atoms with Crippen LogP contribution in [0.4, 0.5) is 4.39 Å². The van der Waals surface area contributed by atoms with Gasteiger partial charge in [-0.1, -0.05) is 76.8 Å². The van der Waals surface area contributed by atoms with Crippen molar-refractivity contribution in [1.82, 2.24) is 5.32 Å². The zero-order chi connectivity index (χ0) is 17.3. The number of benzene rings is 1. The topological polar surface area (TPSA) is 12.0 Å². The van der Waals surface area contributed by atoms with Crippen molar-refractivity contribution in [2.75, 3.05) is 13.1 Å². The molecule has 0 unspecified atom stereocenters. The molecule has 0 spiro atoms. The van der Waals surface area contributed by atoms with Gasteiger partial charge in [0.15, 0.2) is 0 Å². The van der Waals surface area contributed by atoms with Gasteiger partial charge in [-0.3, -0.25) is 0 Å². The fraction of sp³-hybridized carbons (Fsp3) is 0.727. The van der Waals surface area contributed by atoms with Crippen molar-refractivity contribution >= 4 is 0 Å². The fourth-order valence-electron chi connectivity index (χ4n) is 3.09. The van der Waals surface area contributed by atoms with E-state index in [0.717, 1.165) is 19.5 Å². The first kappa shape index (κ1) is 21.2. The zero-order valence-electron chi connectivity index (χ0n) is 15.8. The summed E-state index contributed by atoms with van der Waals surface area (Å²) < 4.78 is 12.8. The first-order valence-corrected chi connectivity index (χ1v) is 10.3. The van der Waals surface area contributed by atoms with Crippen molar-refractivity contribution in [3.63, 3.8) is 0 Å². The predicted molar refractivity (Wildman–Crippen MR) is 104 cm³/mol. The lowest BCUT2D eigenvalue weighted by molar-refractivity contribution is 0.538. The van der Waals surface area contributed by atoms with E-state index in [0.29, 0.717) is 0 Å². The Bertz CT molecular complexity index is 374. The van der Waals surface area contributed by atoms with E-state index in [4.69, 9.17) is 0 Å². The van der Waals surface area contributed by atoms with Crippen molar-refractivity contribution in [2.45, 2.75) is 90.4 Å². The van der Waals surface area contributed by atoms with Crippen molar-refractivity contribution in [3.8, 4) is 0 Å². The quantitative estimate of drug-likeness (QED) is 0.333. The van der Waals surface area contributed by atoms with Crippen LogP contribution in [-0.4, -0.2) is 13.1 Å². The Morgan fingerprint density at radius 1 is 0.667 bits per heavy atom. The third-order valence-electron chi connectivity index (χ3n) is 4.69. The summed E-state index contributed by atoms with van der Waals surface area (Å²) in [7, 11) is 0. The highest BCUT2D eigenvalue weighted by Gasteiger charge is 1.96. The Morgan fingerprint density at radius 3 is 1.75 bits per heavy atom. The number of aryl methyl sites for hydroxylation is 1. The molecule has 0 radical (unpaired) electrons. The zero-order valence-corrected chi connectivity index (χ0v) is 15.8. The molecule has 1 rings (SSSR count). The van der Waals surface area contributed by atoms with Crippen LogP contribution in [0.5, 0.6) is 0 Å². The van der Waals surface area contributed by atoms with E-state index < -0.39 is 0 Å². The summed E-state index contributed by atoms with van der Waals surface area (Å²) in [5.41, 5.74) is 1.24. The highest BCUT2D eigenvalue weighted by atomic mass is 19.1. The number of hydrogen-bond acceptors (Lipinski definition) is 1. The van der Waals surface area contributed by atoms with Crippen LogP contribution >= 0.6 is 0 Å². The van der Waals surface area contributed by atoms with Gasteiger partial charge in [0.25, 0.3) is 0 Å². The number of halogens is 1. The summed E-state index contributed by atoms with van der Waals surface area (Å²) >= 11 is 0. The molecule has 0 atom stereocenters. The number of hydrogen-bond donors (Lipinski definition) is 1. The van der Waals surface area contributed by atoms with Crippen molar-refractivity contribution in [1.29, 1.82) is 0 Å². The summed E-state index contributed by atoms with van der Waals surface area (Å²) in [5, 5.41) is 3.55. The maximum atomic E-state index is 12.8. The lowest BCUT2D eigenvalue weighted by atomic mass is 10.1. The van der Waals surface area contributed by atoms with Crippen LogP contribution in [0.15, 0.2) is 24.3 Å². The predicted octanol–water partition coefficient (Wildman–Crippen LogP) is 6.66. The minimum Gasteiger partial charge on any atom is -0.317 e. The molecule has 0 bridgehead atoms. The van der Waals surface area contributed by atoms with Crippen LogP contribution in [0.3, 0.4) is 0 Å². The molecule has 0 aromatic heterocycles. The third-order valence-corrected chi connectivity index (χ3v) is 4.69. The second kappa shape index (κ2) is 15.6. The van der Waals surface area contributed by atoms with E-state index in [1.165, 1.54) is 82.6 Å². The number of rotatable bonds is 16. The van der Waals surface area contributed by atoms with Crippen molar-refractivity contribution in [3.05, 3.63) is 35.6 Å². The molecule has 0 aliphatic carbocycles. The van der Waals surface area contributed by atoms with Crippen LogP contribution in [0.2, 0.25) is 0 Å². The van der Waals surface area contributed by atoms with Gasteiger partial charge >= 0.3 is 0 Å². The normalized spacial score (nSPS) is 11.1. The standard InChI is InChI=1S/C22H38FN/c1-2-3-4-5-6-7-8-9-10-12-19-24-20-13-11-14-21-15-17-22(23)18-16-21/h15-18,24H,2-14,19-20H2,1H3. The molecule has 24 heavy (non-hydrogen) atoms. The SMILES string of the molecule is CCCCCCCCCCCCNCCCCc1ccc(F)cc1. The van der Waals surface area contributed by atoms with Gasteiger partial charge < -0.3 is 5.32 Å². The highest BCUT2D eigenvalue weighted by molar-refractivity contribution is 5.15. The highest BCUT2D eigenvalue weighted by Crippen LogP contribution is 2.10. The molecule has 0 aliphatic rings. The van der Waals surface area contributed by atoms with Crippen LogP contribution < -0.4 is 5.32 Å². The Balaban J connectivity index is 1.75. The maximum absolute atomic E-state index is 12.8. The van der Waals surface area contributed by atoms with E-state index in [9.17, 15) is 4.39 Å². The van der Waals surface area contributed by atoms with Gasteiger partial charge in [0, 0.05) is 0 Å². The summed E-state index contributed by atoms with van der Waals surface area (Å²) in [6.45, 7) is 4.55. The van der Waals surface area contributed by atoms with E-state index >= 15 is 0 Å². The first-order chi connectivity index (χ1) is 11.8. The Hall–Kier alpha value is -0.890. The summed E-state index contributed by atoms with van der Waals surface area (Å²) in [5.74, 6) is -0.142. The molecule has 1 nitrogen and oxygen atoms in total. The van der Waals surface area contributed by atoms with E-state index in [1.807, 2.05) is 12.1 Å². The van der Waals surface area contributed by atoms with Crippen LogP contribution in [-0.2, 0) is 6.42 Å². The summed E-state index contributed by atoms with van der Waals surface area (Å²) in [6.07, 6.45) is 17.4. The Kier molecular flexibility index (Phi) is 13.8. The molecule has 0 fully saturated rings. The second-order valence-electron chi connectivity index (χ2n) is 7.02. The van der Waals surface area contributed by atoms with Gasteiger partial charge in [-0.15, -0.1) is 0 Å². The van der Waals surface area contributed by atoms with Gasteiger partial charge in [-0.25, -0.2) is 4.39 Å². The van der Waals surface area contributed by atoms with Gasteiger partial charge in [0.2, 0.25) is 0 Å². The largest absolute Gasteiger partial charge is 0.317 e.